The summed E-state index contributed by atoms with van der Waals surface area (Å²) < 4.78 is 0. The Morgan fingerprint density at radius 2 is 2.05 bits per heavy atom. The summed E-state index contributed by atoms with van der Waals surface area (Å²) in [7, 11) is 4.18. The monoisotopic (exact) mass is 295 g/mol. The van der Waals surface area contributed by atoms with Gasteiger partial charge in [-0.1, -0.05) is 11.6 Å². The maximum absolute atomic E-state index is 12.4. The highest BCUT2D eigenvalue weighted by Gasteiger charge is 2.24. The molecule has 20 heavy (non-hydrogen) atoms. The molecule has 0 saturated carbocycles. The molecule has 1 saturated heterocycles. The number of anilines is 1. The summed E-state index contributed by atoms with van der Waals surface area (Å²) in [6.45, 7) is 2.73. The van der Waals surface area contributed by atoms with Gasteiger partial charge in [-0.25, -0.2) is 0 Å². The van der Waals surface area contributed by atoms with E-state index in [2.05, 4.69) is 19.0 Å². The minimum Gasteiger partial charge on any atom is -0.398 e. The second kappa shape index (κ2) is 6.46. The average molecular weight is 296 g/mol. The predicted molar refractivity (Wildman–Crippen MR) is 83.0 cm³/mol. The van der Waals surface area contributed by atoms with Crippen molar-refractivity contribution in [2.24, 2.45) is 5.92 Å². The SMILES string of the molecule is CN(C)CC1CCN(C(=O)c2ccc(N)c(Cl)c2)CC1. The number of hydrogen-bond donors (Lipinski definition) is 1. The molecular formula is C15H22ClN3O. The van der Waals surface area contributed by atoms with Crippen LogP contribution in [-0.2, 0) is 0 Å². The van der Waals surface area contributed by atoms with Crippen molar-refractivity contribution >= 4 is 23.2 Å². The normalized spacial score (nSPS) is 16.7. The molecule has 4 nitrogen and oxygen atoms in total. The van der Waals surface area contributed by atoms with Gasteiger partial charge in [0.25, 0.3) is 5.91 Å². The molecule has 1 aromatic carbocycles. The fourth-order valence-corrected chi connectivity index (χ4v) is 2.86. The van der Waals surface area contributed by atoms with Crippen LogP contribution in [0.1, 0.15) is 23.2 Å². The van der Waals surface area contributed by atoms with Gasteiger partial charge < -0.3 is 15.5 Å². The lowest BCUT2D eigenvalue weighted by atomic mass is 9.96. The highest BCUT2D eigenvalue weighted by atomic mass is 35.5. The molecule has 2 N–H and O–H groups in total. The number of nitrogen functional groups attached to an aromatic ring is 1. The van der Waals surface area contributed by atoms with E-state index in [1.807, 2.05) is 4.90 Å². The number of halogens is 1. The third kappa shape index (κ3) is 3.64. The maximum Gasteiger partial charge on any atom is 0.253 e. The molecule has 1 aliphatic rings. The Bertz CT molecular complexity index is 482. The summed E-state index contributed by atoms with van der Waals surface area (Å²) in [4.78, 5) is 16.5. The van der Waals surface area contributed by atoms with Gasteiger partial charge in [0.1, 0.15) is 0 Å². The van der Waals surface area contributed by atoms with Gasteiger partial charge in [-0.2, -0.15) is 0 Å². The van der Waals surface area contributed by atoms with E-state index in [0.717, 1.165) is 32.5 Å². The quantitative estimate of drug-likeness (QED) is 0.871. The third-order valence-electron chi connectivity index (χ3n) is 3.77. The lowest BCUT2D eigenvalue weighted by Crippen LogP contribution is -2.40. The molecule has 1 heterocycles. The van der Waals surface area contributed by atoms with Crippen molar-refractivity contribution in [3.05, 3.63) is 28.8 Å². The minimum atomic E-state index is 0.0511. The molecule has 0 atom stereocenters. The van der Waals surface area contributed by atoms with Crippen LogP contribution in [0.25, 0.3) is 0 Å². The molecule has 110 valence electrons. The van der Waals surface area contributed by atoms with Crippen molar-refractivity contribution < 1.29 is 4.79 Å². The molecule has 1 aromatic rings. The van der Waals surface area contributed by atoms with Gasteiger partial charge in [0.2, 0.25) is 0 Å². The summed E-state index contributed by atoms with van der Waals surface area (Å²) in [6, 6.07) is 5.09. The number of nitrogens with zero attached hydrogens (tertiary/aromatic N) is 2. The number of hydrogen-bond acceptors (Lipinski definition) is 3. The largest absolute Gasteiger partial charge is 0.398 e. The Hall–Kier alpha value is -1.26. The molecule has 0 aromatic heterocycles. The average Bonchev–Trinajstić information content (AvgIpc) is 2.41. The zero-order chi connectivity index (χ0) is 14.7. The van der Waals surface area contributed by atoms with E-state index in [4.69, 9.17) is 17.3 Å². The van der Waals surface area contributed by atoms with Crippen molar-refractivity contribution in [3.8, 4) is 0 Å². The fraction of sp³-hybridized carbons (Fsp3) is 0.533. The Labute approximate surface area is 125 Å². The zero-order valence-corrected chi connectivity index (χ0v) is 12.9. The molecule has 0 aliphatic carbocycles. The molecule has 5 heteroatoms. The first-order chi connectivity index (χ1) is 9.47. The molecule has 1 aliphatic heterocycles. The van der Waals surface area contributed by atoms with Crippen LogP contribution in [0.2, 0.25) is 5.02 Å². The van der Waals surface area contributed by atoms with Crippen molar-refractivity contribution in [1.82, 2.24) is 9.80 Å². The van der Waals surface area contributed by atoms with Crippen molar-refractivity contribution in [3.63, 3.8) is 0 Å². The van der Waals surface area contributed by atoms with Gasteiger partial charge in [-0.15, -0.1) is 0 Å². The number of rotatable bonds is 3. The fourth-order valence-electron chi connectivity index (χ4n) is 2.68. The molecule has 1 amide bonds. The van der Waals surface area contributed by atoms with Gasteiger partial charge in [0.05, 0.1) is 10.7 Å². The number of carbonyl (C=O) groups is 1. The topological polar surface area (TPSA) is 49.6 Å². The predicted octanol–water partition coefficient (Wildman–Crippen LogP) is 2.34. The zero-order valence-electron chi connectivity index (χ0n) is 12.1. The highest BCUT2D eigenvalue weighted by molar-refractivity contribution is 6.33. The standard InChI is InChI=1S/C15H22ClN3O/c1-18(2)10-11-5-7-19(8-6-11)15(20)12-3-4-14(17)13(16)9-12/h3-4,9,11H,5-8,10,17H2,1-2H3. The van der Waals surface area contributed by atoms with E-state index in [1.165, 1.54) is 0 Å². The Morgan fingerprint density at radius 3 is 2.60 bits per heavy atom. The first kappa shape index (κ1) is 15.1. The van der Waals surface area contributed by atoms with Crippen LogP contribution >= 0.6 is 11.6 Å². The van der Waals surface area contributed by atoms with Crippen molar-refractivity contribution in [1.29, 1.82) is 0 Å². The molecule has 2 rings (SSSR count). The summed E-state index contributed by atoms with van der Waals surface area (Å²) >= 11 is 5.98. The van der Waals surface area contributed by atoms with Crippen LogP contribution in [0.4, 0.5) is 5.69 Å². The Morgan fingerprint density at radius 1 is 1.40 bits per heavy atom. The Balaban J connectivity index is 1.96. The second-order valence-electron chi connectivity index (χ2n) is 5.73. The van der Waals surface area contributed by atoms with Gasteiger partial charge in [0.15, 0.2) is 0 Å². The molecule has 0 unspecified atom stereocenters. The molecule has 0 radical (unpaired) electrons. The first-order valence-corrected chi connectivity index (χ1v) is 7.34. The van der Waals surface area contributed by atoms with Crippen molar-refractivity contribution in [2.75, 3.05) is 39.5 Å². The number of piperidine rings is 1. The highest BCUT2D eigenvalue weighted by Crippen LogP contribution is 2.23. The number of carbonyl (C=O) groups excluding carboxylic acids is 1. The summed E-state index contributed by atoms with van der Waals surface area (Å²) in [5.41, 5.74) is 6.80. The number of benzene rings is 1. The van der Waals surface area contributed by atoms with Gasteiger partial charge >= 0.3 is 0 Å². The van der Waals surface area contributed by atoms with E-state index in [0.29, 0.717) is 22.2 Å². The second-order valence-corrected chi connectivity index (χ2v) is 6.14. The molecule has 0 bridgehead atoms. The van der Waals surface area contributed by atoms with Crippen molar-refractivity contribution in [2.45, 2.75) is 12.8 Å². The summed E-state index contributed by atoms with van der Waals surface area (Å²) in [5, 5.41) is 0.443. The summed E-state index contributed by atoms with van der Waals surface area (Å²) in [5.74, 6) is 0.735. The third-order valence-corrected chi connectivity index (χ3v) is 4.10. The minimum absolute atomic E-state index is 0.0511. The van der Waals surface area contributed by atoms with Crippen LogP contribution in [0, 0.1) is 5.92 Å². The van der Waals surface area contributed by atoms with Gasteiger partial charge in [-0.3, -0.25) is 4.79 Å². The van der Waals surface area contributed by atoms with Gasteiger partial charge in [-0.05, 0) is 51.1 Å². The van der Waals surface area contributed by atoms with Crippen LogP contribution in [-0.4, -0.2) is 49.4 Å². The number of likely N-dealkylation sites (tertiary alicyclic amines) is 1. The molecular weight excluding hydrogens is 274 g/mol. The van der Waals surface area contributed by atoms with E-state index in [-0.39, 0.29) is 5.91 Å². The van der Waals surface area contributed by atoms with E-state index < -0.39 is 0 Å². The summed E-state index contributed by atoms with van der Waals surface area (Å²) in [6.07, 6.45) is 2.12. The van der Waals surface area contributed by atoms with Crippen LogP contribution in [0.3, 0.4) is 0 Å². The van der Waals surface area contributed by atoms with Crippen LogP contribution in [0.5, 0.6) is 0 Å². The number of amides is 1. The molecule has 0 spiro atoms. The molecule has 1 fully saturated rings. The van der Waals surface area contributed by atoms with E-state index >= 15 is 0 Å². The van der Waals surface area contributed by atoms with E-state index in [9.17, 15) is 4.79 Å². The Kier molecular flexibility index (Phi) is 4.89. The van der Waals surface area contributed by atoms with Crippen LogP contribution < -0.4 is 5.73 Å². The van der Waals surface area contributed by atoms with E-state index in [1.54, 1.807) is 18.2 Å². The lowest BCUT2D eigenvalue weighted by Gasteiger charge is -2.33. The smallest absolute Gasteiger partial charge is 0.253 e. The first-order valence-electron chi connectivity index (χ1n) is 6.96. The number of nitrogens with two attached hydrogens (primary N) is 1. The lowest BCUT2D eigenvalue weighted by molar-refractivity contribution is 0.0678. The van der Waals surface area contributed by atoms with Gasteiger partial charge in [0, 0.05) is 25.2 Å². The van der Waals surface area contributed by atoms with Crippen LogP contribution in [0.15, 0.2) is 18.2 Å². The maximum atomic E-state index is 12.4.